The van der Waals surface area contributed by atoms with Crippen molar-refractivity contribution < 1.29 is 0 Å². The summed E-state index contributed by atoms with van der Waals surface area (Å²) in [5, 5.41) is 16.7. The van der Waals surface area contributed by atoms with E-state index in [1.807, 2.05) is 6.92 Å². The molecule has 0 aromatic carbocycles. The quantitative estimate of drug-likeness (QED) is 0.665. The molecule has 0 saturated carbocycles. The molecule has 16 heavy (non-hydrogen) atoms. The van der Waals surface area contributed by atoms with Gasteiger partial charge in [0, 0.05) is 0 Å². The monoisotopic (exact) mass is 240 g/mol. The Morgan fingerprint density at radius 1 is 1.50 bits per heavy atom. The summed E-state index contributed by atoms with van der Waals surface area (Å²) in [5.41, 5.74) is 5.99. The van der Waals surface area contributed by atoms with Crippen LogP contribution in [0.2, 0.25) is 5.15 Å². The Bertz CT molecular complexity index is 469. The third kappa shape index (κ3) is 2.01. The molecule has 8 nitrogen and oxygen atoms in total. The first-order chi connectivity index (χ1) is 7.68. The molecule has 1 atom stereocenters. The van der Waals surface area contributed by atoms with Crippen molar-refractivity contribution in [2.24, 2.45) is 0 Å². The van der Waals surface area contributed by atoms with Crippen LogP contribution >= 0.6 is 11.6 Å². The van der Waals surface area contributed by atoms with Crippen LogP contribution in [0.15, 0.2) is 6.33 Å². The van der Waals surface area contributed by atoms with Crippen LogP contribution in [0.25, 0.3) is 0 Å². The van der Waals surface area contributed by atoms with Gasteiger partial charge in [-0.3, -0.25) is 0 Å². The van der Waals surface area contributed by atoms with E-state index in [1.54, 1.807) is 0 Å². The highest BCUT2D eigenvalue weighted by Gasteiger charge is 2.13. The lowest BCUT2D eigenvalue weighted by Crippen LogP contribution is -2.12. The van der Waals surface area contributed by atoms with Gasteiger partial charge in [0.15, 0.2) is 16.8 Å². The van der Waals surface area contributed by atoms with Crippen LogP contribution in [0.4, 0.5) is 11.5 Å². The zero-order chi connectivity index (χ0) is 11.5. The summed E-state index contributed by atoms with van der Waals surface area (Å²) in [6.07, 6.45) is 1.32. The lowest BCUT2D eigenvalue weighted by atomic mass is 10.3. The predicted octanol–water partition coefficient (Wildman–Crippen LogP) is 0.398. The van der Waals surface area contributed by atoms with Gasteiger partial charge in [-0.15, -0.1) is 10.2 Å². The number of H-pyrrole nitrogens is 1. The van der Waals surface area contributed by atoms with Crippen molar-refractivity contribution in [2.45, 2.75) is 13.0 Å². The number of aromatic nitrogens is 6. The third-order valence-corrected chi connectivity index (χ3v) is 2.24. The van der Waals surface area contributed by atoms with E-state index in [2.05, 4.69) is 35.9 Å². The van der Waals surface area contributed by atoms with E-state index >= 15 is 0 Å². The van der Waals surface area contributed by atoms with Crippen LogP contribution in [0.5, 0.6) is 0 Å². The number of tetrazole rings is 1. The topological polar surface area (TPSA) is 118 Å². The number of halogens is 1. The molecule has 2 rings (SSSR count). The van der Waals surface area contributed by atoms with E-state index in [0.29, 0.717) is 17.3 Å². The maximum Gasteiger partial charge on any atom is 0.196 e. The van der Waals surface area contributed by atoms with Crippen molar-refractivity contribution in [1.82, 2.24) is 30.6 Å². The van der Waals surface area contributed by atoms with Gasteiger partial charge in [-0.25, -0.2) is 9.97 Å². The van der Waals surface area contributed by atoms with Gasteiger partial charge in [-0.2, -0.15) is 5.21 Å². The van der Waals surface area contributed by atoms with Gasteiger partial charge in [0.2, 0.25) is 0 Å². The van der Waals surface area contributed by atoms with Gasteiger partial charge in [-0.05, 0) is 6.92 Å². The van der Waals surface area contributed by atoms with Crippen molar-refractivity contribution in [3.8, 4) is 0 Å². The Balaban J connectivity index is 2.18. The van der Waals surface area contributed by atoms with Crippen LogP contribution in [0, 0.1) is 0 Å². The summed E-state index contributed by atoms with van der Waals surface area (Å²) in [6, 6.07) is -0.188. The highest BCUT2D eigenvalue weighted by molar-refractivity contribution is 6.32. The Morgan fingerprint density at radius 2 is 2.31 bits per heavy atom. The molecule has 0 amide bonds. The zero-order valence-electron chi connectivity index (χ0n) is 8.35. The summed E-state index contributed by atoms with van der Waals surface area (Å²) in [6.45, 7) is 1.85. The van der Waals surface area contributed by atoms with E-state index in [-0.39, 0.29) is 11.2 Å². The van der Waals surface area contributed by atoms with Gasteiger partial charge in [-0.1, -0.05) is 16.8 Å². The molecule has 0 bridgehead atoms. The van der Waals surface area contributed by atoms with E-state index < -0.39 is 0 Å². The molecule has 0 saturated heterocycles. The first-order valence-corrected chi connectivity index (χ1v) is 4.82. The number of hydrogen-bond donors (Lipinski definition) is 3. The fourth-order valence-corrected chi connectivity index (χ4v) is 1.24. The molecule has 2 heterocycles. The Labute approximate surface area is 95.6 Å². The summed E-state index contributed by atoms with van der Waals surface area (Å²) >= 11 is 5.76. The Hall–Kier alpha value is -1.96. The molecule has 4 N–H and O–H groups in total. The van der Waals surface area contributed by atoms with Crippen LogP contribution in [-0.4, -0.2) is 30.6 Å². The summed E-state index contributed by atoms with van der Waals surface area (Å²) < 4.78 is 0. The fraction of sp³-hybridized carbons (Fsp3) is 0.286. The molecule has 9 heteroatoms. The van der Waals surface area contributed by atoms with Crippen LogP contribution < -0.4 is 11.1 Å². The van der Waals surface area contributed by atoms with Crippen LogP contribution in [-0.2, 0) is 0 Å². The average Bonchev–Trinajstić information content (AvgIpc) is 2.78. The van der Waals surface area contributed by atoms with Gasteiger partial charge in [0.05, 0.1) is 6.04 Å². The number of nitrogen functional groups attached to an aromatic ring is 1. The number of rotatable bonds is 3. The molecular weight excluding hydrogens is 232 g/mol. The molecule has 0 aliphatic rings. The number of hydrogen-bond acceptors (Lipinski definition) is 7. The van der Waals surface area contributed by atoms with E-state index in [9.17, 15) is 0 Å². The summed E-state index contributed by atoms with van der Waals surface area (Å²) in [4.78, 5) is 7.72. The van der Waals surface area contributed by atoms with E-state index in [1.165, 1.54) is 6.33 Å². The molecule has 0 aliphatic heterocycles. The molecule has 2 aromatic rings. The smallest absolute Gasteiger partial charge is 0.196 e. The highest BCUT2D eigenvalue weighted by atomic mass is 35.5. The van der Waals surface area contributed by atoms with Gasteiger partial charge in [0.25, 0.3) is 0 Å². The van der Waals surface area contributed by atoms with Gasteiger partial charge >= 0.3 is 0 Å². The van der Waals surface area contributed by atoms with Crippen LogP contribution in [0.1, 0.15) is 18.8 Å². The normalized spacial score (nSPS) is 12.4. The second-order valence-electron chi connectivity index (χ2n) is 3.06. The maximum absolute atomic E-state index is 5.76. The van der Waals surface area contributed by atoms with E-state index in [0.717, 1.165) is 0 Å². The third-order valence-electron chi connectivity index (χ3n) is 1.94. The minimum atomic E-state index is -0.188. The highest BCUT2D eigenvalue weighted by Crippen LogP contribution is 2.24. The van der Waals surface area contributed by atoms with Crippen LogP contribution in [0.3, 0.4) is 0 Å². The van der Waals surface area contributed by atoms with Gasteiger partial charge < -0.3 is 11.1 Å². The lowest BCUT2D eigenvalue weighted by Gasteiger charge is -2.12. The minimum Gasteiger partial charge on any atom is -0.393 e. The number of aromatic amines is 1. The predicted molar refractivity (Wildman–Crippen MR) is 57.7 cm³/mol. The molecular formula is C7H9ClN8. The van der Waals surface area contributed by atoms with Gasteiger partial charge in [0.1, 0.15) is 12.0 Å². The van der Waals surface area contributed by atoms with Crippen molar-refractivity contribution in [2.75, 3.05) is 11.1 Å². The molecule has 0 radical (unpaired) electrons. The maximum atomic E-state index is 5.76. The second-order valence-corrected chi connectivity index (χ2v) is 3.42. The van der Waals surface area contributed by atoms with Crippen molar-refractivity contribution >= 4 is 23.1 Å². The Kier molecular flexibility index (Phi) is 2.82. The molecule has 84 valence electrons. The number of nitrogens with two attached hydrogens (primary N) is 1. The average molecular weight is 241 g/mol. The standard InChI is InChI=1S/C7H9ClN8/c1-3(6-13-15-16-14-6)12-7-4(9)5(8)10-2-11-7/h2-3H,9H2,1H3,(H,10,11,12)(H,13,14,15,16). The number of nitrogens with one attached hydrogen (secondary N) is 2. The molecule has 1 unspecified atom stereocenters. The largest absolute Gasteiger partial charge is 0.393 e. The molecule has 0 spiro atoms. The first-order valence-electron chi connectivity index (χ1n) is 4.44. The Morgan fingerprint density at radius 3 is 3.00 bits per heavy atom. The minimum absolute atomic E-state index is 0.188. The molecule has 0 fully saturated rings. The summed E-state index contributed by atoms with van der Waals surface area (Å²) in [5.74, 6) is 0.950. The summed E-state index contributed by atoms with van der Waals surface area (Å²) in [7, 11) is 0. The van der Waals surface area contributed by atoms with E-state index in [4.69, 9.17) is 17.3 Å². The van der Waals surface area contributed by atoms with Crippen molar-refractivity contribution in [3.05, 3.63) is 17.3 Å². The molecule has 2 aromatic heterocycles. The lowest BCUT2D eigenvalue weighted by molar-refractivity contribution is 0.787. The van der Waals surface area contributed by atoms with Crippen molar-refractivity contribution in [3.63, 3.8) is 0 Å². The fourth-order valence-electron chi connectivity index (χ4n) is 1.11. The second kappa shape index (κ2) is 4.27. The number of nitrogens with zero attached hydrogens (tertiary/aromatic N) is 5. The SMILES string of the molecule is CC(Nc1ncnc(Cl)c1N)c1nn[nH]n1. The molecule has 0 aliphatic carbocycles. The zero-order valence-corrected chi connectivity index (χ0v) is 9.10. The first kappa shape index (κ1) is 10.6. The van der Waals surface area contributed by atoms with Crippen molar-refractivity contribution in [1.29, 1.82) is 0 Å². The number of anilines is 2.